The number of Topliss-reactive ketones (excluding diaryl/α,β-unsaturated/α-hetero) is 1. The molecule has 0 saturated heterocycles. The van der Waals surface area contributed by atoms with Crippen LogP contribution in [-0.2, 0) is 20.7 Å². The molecule has 0 amide bonds. The molecule has 7 rings (SSSR count). The van der Waals surface area contributed by atoms with Crippen molar-refractivity contribution in [3.63, 3.8) is 0 Å². The zero-order valence-corrected chi connectivity index (χ0v) is 30.7. The van der Waals surface area contributed by atoms with Gasteiger partial charge in [-0.1, -0.05) is 77.8 Å². The SMILES string of the molecule is CC(=O)O[C@H]1CC[C@]2(C)[C@H]3CC[C@@H]4C5=C(C(C)C)C(=O)C[C@]5(Cc5ncc(-c6ccc(Cl)cc6)[nH]5)CC[C@@]4(C)[C@]3(C)CC[C@H]2C1(C)C. The average Bonchev–Trinajstić information content (AvgIpc) is 3.57. The van der Waals surface area contributed by atoms with Gasteiger partial charge >= 0.3 is 5.97 Å². The molecule has 8 atom stereocenters. The number of imidazole rings is 1. The van der Waals surface area contributed by atoms with Crippen LogP contribution in [0.5, 0.6) is 0 Å². The number of carbonyl (C=O) groups excluding carboxylic acids is 2. The zero-order chi connectivity index (χ0) is 33.7. The van der Waals surface area contributed by atoms with Crippen LogP contribution in [0, 0.1) is 50.7 Å². The third-order valence-corrected chi connectivity index (χ3v) is 15.4. The summed E-state index contributed by atoms with van der Waals surface area (Å²) < 4.78 is 5.96. The maximum Gasteiger partial charge on any atom is 0.302 e. The molecule has 0 bridgehead atoms. The Kier molecular flexibility index (Phi) is 7.79. The van der Waals surface area contributed by atoms with Crippen molar-refractivity contribution in [1.29, 1.82) is 0 Å². The number of nitrogens with zero attached hydrogens (tertiary/aromatic N) is 1. The van der Waals surface area contributed by atoms with Gasteiger partial charge in [0.15, 0.2) is 5.78 Å². The van der Waals surface area contributed by atoms with Gasteiger partial charge < -0.3 is 9.72 Å². The molecule has 0 aliphatic heterocycles. The van der Waals surface area contributed by atoms with Crippen LogP contribution >= 0.6 is 11.6 Å². The first kappa shape index (κ1) is 33.1. The summed E-state index contributed by atoms with van der Waals surface area (Å²) in [6, 6.07) is 7.90. The van der Waals surface area contributed by atoms with Gasteiger partial charge in [-0.25, -0.2) is 4.98 Å². The standard InChI is InChI=1S/C41H55ClN2O3/c1-24(2)35-30(46)21-41(22-34-43-23-29(44-34)26-9-11-27(42)12-10-26)20-19-39(7)28(36(35)41)13-14-32-38(6)17-16-33(47-25(3)45)37(4,5)31(38)15-18-40(32,39)8/h9-12,23-24,28,31-33H,13-22H2,1-8H3,(H,43,44)/t28-,31+,32-,33+,38+,39-,40-,41+/m1/s1. The van der Waals surface area contributed by atoms with Gasteiger partial charge in [0, 0.05) is 35.6 Å². The Morgan fingerprint density at radius 1 is 0.957 bits per heavy atom. The molecule has 1 N–H and O–H groups in total. The molecule has 4 fully saturated rings. The third-order valence-electron chi connectivity index (χ3n) is 15.1. The Morgan fingerprint density at radius 2 is 1.68 bits per heavy atom. The maximum absolute atomic E-state index is 14.1. The minimum Gasteiger partial charge on any atom is -0.462 e. The van der Waals surface area contributed by atoms with Crippen molar-refractivity contribution in [1.82, 2.24) is 9.97 Å². The lowest BCUT2D eigenvalue weighted by molar-refractivity contribution is -0.232. The molecular weight excluding hydrogens is 604 g/mol. The topological polar surface area (TPSA) is 72.1 Å². The molecule has 1 heterocycles. The van der Waals surface area contributed by atoms with E-state index in [9.17, 15) is 9.59 Å². The number of ether oxygens (including phenoxy) is 1. The molecule has 5 nitrogen and oxygen atoms in total. The van der Waals surface area contributed by atoms with E-state index in [1.54, 1.807) is 6.92 Å². The van der Waals surface area contributed by atoms with Crippen molar-refractivity contribution in [2.45, 2.75) is 126 Å². The highest BCUT2D eigenvalue weighted by Gasteiger charge is 2.70. The van der Waals surface area contributed by atoms with Crippen molar-refractivity contribution in [3.05, 3.63) is 52.5 Å². The zero-order valence-electron chi connectivity index (χ0n) is 29.9. The smallest absolute Gasteiger partial charge is 0.302 e. The van der Waals surface area contributed by atoms with E-state index < -0.39 is 0 Å². The van der Waals surface area contributed by atoms with Gasteiger partial charge in [0.2, 0.25) is 0 Å². The molecule has 0 unspecified atom stereocenters. The molecule has 1 aromatic carbocycles. The Morgan fingerprint density at radius 3 is 2.36 bits per heavy atom. The largest absolute Gasteiger partial charge is 0.462 e. The Labute approximate surface area is 287 Å². The maximum atomic E-state index is 14.1. The second-order valence-electron chi connectivity index (χ2n) is 17.9. The number of hydrogen-bond acceptors (Lipinski definition) is 4. The molecule has 1 aromatic heterocycles. The number of allylic oxidation sites excluding steroid dienone is 2. The van der Waals surface area contributed by atoms with Crippen molar-refractivity contribution >= 4 is 23.4 Å². The van der Waals surface area contributed by atoms with E-state index in [-0.39, 0.29) is 45.1 Å². The highest BCUT2D eigenvalue weighted by Crippen LogP contribution is 2.77. The van der Waals surface area contributed by atoms with Crippen LogP contribution in [0.25, 0.3) is 11.3 Å². The fourth-order valence-electron chi connectivity index (χ4n) is 12.9. The predicted molar refractivity (Wildman–Crippen MR) is 188 cm³/mol. The summed E-state index contributed by atoms with van der Waals surface area (Å²) in [5.41, 5.74) is 5.02. The summed E-state index contributed by atoms with van der Waals surface area (Å²) in [6.07, 6.45) is 12.3. The quantitative estimate of drug-likeness (QED) is 0.325. The number of rotatable bonds is 5. The molecule has 47 heavy (non-hydrogen) atoms. The molecule has 5 aliphatic rings. The Bertz CT molecular complexity index is 1620. The number of H-pyrrole nitrogens is 1. The Hall–Kier alpha value is -2.40. The van der Waals surface area contributed by atoms with Gasteiger partial charge in [0.25, 0.3) is 0 Å². The van der Waals surface area contributed by atoms with E-state index in [0.717, 1.165) is 66.2 Å². The fourth-order valence-corrected chi connectivity index (χ4v) is 13.0. The second-order valence-corrected chi connectivity index (χ2v) is 18.3. The van der Waals surface area contributed by atoms with Gasteiger partial charge in [-0.15, -0.1) is 0 Å². The summed E-state index contributed by atoms with van der Waals surface area (Å²) in [6.45, 7) is 18.6. The monoisotopic (exact) mass is 658 g/mol. The highest BCUT2D eigenvalue weighted by molar-refractivity contribution is 6.30. The molecule has 5 aliphatic carbocycles. The number of esters is 1. The lowest BCUT2D eigenvalue weighted by Crippen LogP contribution is -2.65. The minimum absolute atomic E-state index is 0.00489. The van der Waals surface area contributed by atoms with Crippen molar-refractivity contribution < 1.29 is 14.3 Å². The average molecular weight is 659 g/mol. The lowest BCUT2D eigenvalue weighted by Gasteiger charge is -2.72. The number of aromatic nitrogens is 2. The molecule has 2 aromatic rings. The second kappa shape index (κ2) is 11.1. The highest BCUT2D eigenvalue weighted by atomic mass is 35.5. The van der Waals surface area contributed by atoms with Gasteiger partial charge in [-0.3, -0.25) is 9.59 Å². The van der Waals surface area contributed by atoms with Crippen LogP contribution in [0.2, 0.25) is 5.02 Å². The van der Waals surface area contributed by atoms with E-state index in [4.69, 9.17) is 21.3 Å². The van der Waals surface area contributed by atoms with E-state index in [0.29, 0.717) is 30.0 Å². The number of nitrogens with one attached hydrogen (secondary N) is 1. The van der Waals surface area contributed by atoms with Gasteiger partial charge in [0.1, 0.15) is 11.9 Å². The van der Waals surface area contributed by atoms with Crippen LogP contribution in [0.3, 0.4) is 0 Å². The number of aromatic amines is 1. The van der Waals surface area contributed by atoms with Gasteiger partial charge in [0.05, 0.1) is 11.9 Å². The van der Waals surface area contributed by atoms with Crippen molar-refractivity contribution in [2.75, 3.05) is 0 Å². The molecule has 4 saturated carbocycles. The molecule has 254 valence electrons. The van der Waals surface area contributed by atoms with Gasteiger partial charge in [-0.2, -0.15) is 0 Å². The first-order chi connectivity index (χ1) is 22.1. The van der Waals surface area contributed by atoms with Crippen LogP contribution in [0.15, 0.2) is 41.6 Å². The predicted octanol–water partition coefficient (Wildman–Crippen LogP) is 10.2. The normalized spacial score (nSPS) is 39.2. The number of ketones is 1. The van der Waals surface area contributed by atoms with E-state index in [2.05, 4.69) is 53.5 Å². The molecule has 6 heteroatoms. The summed E-state index contributed by atoms with van der Waals surface area (Å²) in [4.78, 5) is 34.7. The van der Waals surface area contributed by atoms with Crippen molar-refractivity contribution in [3.8, 4) is 11.3 Å². The summed E-state index contributed by atoms with van der Waals surface area (Å²) in [5, 5.41) is 0.724. The van der Waals surface area contributed by atoms with E-state index in [1.165, 1.54) is 24.8 Å². The van der Waals surface area contributed by atoms with Crippen LogP contribution in [0.4, 0.5) is 0 Å². The molecular formula is C41H55ClN2O3. The van der Waals surface area contributed by atoms with E-state index >= 15 is 0 Å². The summed E-state index contributed by atoms with van der Waals surface area (Å²) in [5.74, 6) is 2.98. The Balaban J connectivity index is 1.24. The first-order valence-electron chi connectivity index (χ1n) is 18.3. The number of carbonyl (C=O) groups is 2. The molecule has 0 spiro atoms. The van der Waals surface area contributed by atoms with E-state index in [1.807, 2.05) is 30.5 Å². The van der Waals surface area contributed by atoms with Gasteiger partial charge in [-0.05, 0) is 115 Å². The summed E-state index contributed by atoms with van der Waals surface area (Å²) >= 11 is 6.16. The number of hydrogen-bond donors (Lipinski definition) is 1. The molecule has 0 radical (unpaired) electrons. The fraction of sp³-hybridized carbons (Fsp3) is 0.683. The first-order valence-corrected chi connectivity index (χ1v) is 18.7. The summed E-state index contributed by atoms with van der Waals surface area (Å²) in [7, 11) is 0. The van der Waals surface area contributed by atoms with Crippen LogP contribution in [-0.4, -0.2) is 27.8 Å². The third kappa shape index (κ3) is 4.78. The number of halogens is 1. The number of benzene rings is 1. The minimum atomic E-state index is -0.162. The lowest BCUT2D eigenvalue weighted by atomic mass is 9.33. The number of fused-ring (bicyclic) bond motifs is 7. The van der Waals surface area contributed by atoms with Crippen LogP contribution < -0.4 is 0 Å². The van der Waals surface area contributed by atoms with Crippen molar-refractivity contribution in [2.24, 2.45) is 50.7 Å². The van der Waals surface area contributed by atoms with Crippen LogP contribution in [0.1, 0.15) is 119 Å².